The Hall–Kier alpha value is -6.20. The molecule has 1 fully saturated rings. The highest BCUT2D eigenvalue weighted by molar-refractivity contribution is 7.44. The SMILES string of the molecule is COc1ccc(C(OC[C@@H]2C[C@@H](OP(OCCC#N)N(C(C)C)C(C)C)CN2C(=O)CCc2cc3nc4ccc(=O)cc-4oc3cc2OC(=O)C(C)(C)C)(c2ccccc2)c2ccc(OC)cc2)cc1. The molecule has 1 amide bonds. The van der Waals surface area contributed by atoms with Crippen molar-refractivity contribution in [2.45, 2.75) is 104 Å². The number of amides is 1. The fraction of sp³-hybridized carbons (Fsp3) is 0.400. The standard InChI is InChI=1S/C55H63N4O10P/c1-36(2)59(37(3)4)70(66-29-13-28-56)69-46-31-42(35-65-55(39-14-11-10-12-15-39,40-17-22-44(63-8)23-18-40)41-19-24-45(64-9)25-20-41)58(34-46)52(61)27-16-38-30-48-51(33-49(38)68-53(62)54(5,6)7)67-50-32-43(60)21-26-47(50)57-48/h10-12,14-15,17-26,30,32-33,36-37,42,46H,13,16,27,29,31,34-35H2,1-9H3/t42-,46+,70?/m0/s1. The van der Waals surface area contributed by atoms with Gasteiger partial charge in [0.05, 0.1) is 57.5 Å². The molecule has 0 bridgehead atoms. The number of carbonyl (C=O) groups excluding carboxylic acids is 2. The lowest BCUT2D eigenvalue weighted by Gasteiger charge is -2.38. The van der Waals surface area contributed by atoms with Gasteiger partial charge in [-0.2, -0.15) is 5.26 Å². The number of ether oxygens (including phenoxy) is 4. The molecule has 0 N–H and O–H groups in total. The number of likely N-dealkylation sites (tertiary alicyclic amines) is 1. The average molecular weight is 971 g/mol. The fourth-order valence-corrected chi connectivity index (χ4v) is 10.5. The molecule has 1 unspecified atom stereocenters. The van der Waals surface area contributed by atoms with Crippen molar-refractivity contribution in [2.24, 2.45) is 5.41 Å². The number of fused-ring (bicyclic) bond motifs is 2. The van der Waals surface area contributed by atoms with Gasteiger partial charge in [-0.3, -0.25) is 14.4 Å². The summed E-state index contributed by atoms with van der Waals surface area (Å²) in [7, 11) is 1.63. The van der Waals surface area contributed by atoms with Crippen LogP contribution in [-0.4, -0.2) is 84.6 Å². The van der Waals surface area contributed by atoms with E-state index in [1.165, 1.54) is 12.1 Å². The van der Waals surface area contributed by atoms with Crippen LogP contribution < -0.4 is 19.6 Å². The summed E-state index contributed by atoms with van der Waals surface area (Å²) in [6.07, 6.45) is 0.425. The van der Waals surface area contributed by atoms with Crippen molar-refractivity contribution in [2.75, 3.05) is 34.0 Å². The van der Waals surface area contributed by atoms with Crippen LogP contribution in [-0.2, 0) is 35.4 Å². The molecule has 0 aromatic heterocycles. The number of nitrogens with zero attached hydrogens (tertiary/aromatic N) is 4. The maximum Gasteiger partial charge on any atom is 0.316 e. The highest BCUT2D eigenvalue weighted by Crippen LogP contribution is 2.49. The van der Waals surface area contributed by atoms with Crippen LogP contribution in [0, 0.1) is 16.7 Å². The van der Waals surface area contributed by atoms with E-state index in [1.54, 1.807) is 53.2 Å². The lowest BCUT2D eigenvalue weighted by atomic mass is 9.80. The fourth-order valence-electron chi connectivity index (χ4n) is 8.74. The van der Waals surface area contributed by atoms with Gasteiger partial charge in [0.2, 0.25) is 5.91 Å². The van der Waals surface area contributed by atoms with Crippen molar-refractivity contribution in [3.8, 4) is 34.8 Å². The predicted octanol–water partition coefficient (Wildman–Crippen LogP) is 10.5. The molecule has 4 aromatic carbocycles. The molecule has 1 aliphatic carbocycles. The van der Waals surface area contributed by atoms with E-state index in [4.69, 9.17) is 37.4 Å². The number of methoxy groups -OCH3 is 2. The molecule has 15 heteroatoms. The van der Waals surface area contributed by atoms with E-state index < -0.39 is 37.7 Å². The number of rotatable bonds is 20. The van der Waals surface area contributed by atoms with Crippen LogP contribution in [0.3, 0.4) is 0 Å². The van der Waals surface area contributed by atoms with Gasteiger partial charge in [-0.1, -0.05) is 54.6 Å². The van der Waals surface area contributed by atoms with Crippen LogP contribution in [0.1, 0.15) is 90.0 Å². The first-order valence-corrected chi connectivity index (χ1v) is 24.8. The maximum absolute atomic E-state index is 15.0. The van der Waals surface area contributed by atoms with E-state index in [1.807, 2.05) is 83.8 Å². The molecule has 14 nitrogen and oxygen atoms in total. The van der Waals surface area contributed by atoms with E-state index in [9.17, 15) is 14.9 Å². The molecule has 3 atom stereocenters. The molecule has 368 valence electrons. The Morgan fingerprint density at radius 2 is 1.50 bits per heavy atom. The summed E-state index contributed by atoms with van der Waals surface area (Å²) in [6, 6.07) is 35.2. The van der Waals surface area contributed by atoms with Gasteiger partial charge < -0.3 is 37.3 Å². The molecule has 70 heavy (non-hydrogen) atoms. The highest BCUT2D eigenvalue weighted by Gasteiger charge is 2.44. The van der Waals surface area contributed by atoms with Crippen molar-refractivity contribution in [1.29, 1.82) is 5.26 Å². The lowest BCUT2D eigenvalue weighted by Crippen LogP contribution is -2.42. The third-order valence-electron chi connectivity index (χ3n) is 12.2. The van der Waals surface area contributed by atoms with Gasteiger partial charge in [-0.05, 0) is 126 Å². The quantitative estimate of drug-likeness (QED) is 0.0178. The minimum absolute atomic E-state index is 0.0391. The minimum Gasteiger partial charge on any atom is -0.497 e. The van der Waals surface area contributed by atoms with E-state index in [0.29, 0.717) is 46.0 Å². The maximum atomic E-state index is 15.0. The summed E-state index contributed by atoms with van der Waals surface area (Å²) >= 11 is 0. The first-order chi connectivity index (χ1) is 33.5. The zero-order chi connectivity index (χ0) is 50.2. The molecule has 0 saturated carbocycles. The third kappa shape index (κ3) is 11.9. The van der Waals surface area contributed by atoms with Crippen LogP contribution in [0.2, 0.25) is 0 Å². The second-order valence-corrected chi connectivity index (χ2v) is 20.3. The highest BCUT2D eigenvalue weighted by atomic mass is 31.2. The van der Waals surface area contributed by atoms with Gasteiger partial charge in [0.1, 0.15) is 34.1 Å². The number of carbonyl (C=O) groups is 2. The van der Waals surface area contributed by atoms with Gasteiger partial charge in [-0.25, -0.2) is 9.65 Å². The third-order valence-corrected chi connectivity index (χ3v) is 14.4. The summed E-state index contributed by atoms with van der Waals surface area (Å²) < 4.78 is 46.1. The number of aryl methyl sites for hydroxylation is 1. The first-order valence-electron chi connectivity index (χ1n) is 23.7. The normalized spacial score (nSPS) is 15.7. The van der Waals surface area contributed by atoms with Crippen LogP contribution in [0.4, 0.5) is 0 Å². The largest absolute Gasteiger partial charge is 0.497 e. The van der Waals surface area contributed by atoms with Crippen LogP contribution in [0.25, 0.3) is 22.6 Å². The monoisotopic (exact) mass is 970 g/mol. The molecule has 2 aliphatic heterocycles. The van der Waals surface area contributed by atoms with Gasteiger partial charge in [0.25, 0.3) is 8.53 Å². The van der Waals surface area contributed by atoms with E-state index in [-0.39, 0.29) is 68.2 Å². The molecule has 2 heterocycles. The Labute approximate surface area is 411 Å². The smallest absolute Gasteiger partial charge is 0.316 e. The number of esters is 1. The topological polar surface area (TPSA) is 163 Å². The van der Waals surface area contributed by atoms with E-state index >= 15 is 4.79 Å². The van der Waals surface area contributed by atoms with Crippen LogP contribution >= 0.6 is 8.53 Å². The van der Waals surface area contributed by atoms with Gasteiger partial charge in [0.15, 0.2) is 16.8 Å². The predicted molar refractivity (Wildman–Crippen MR) is 269 cm³/mol. The van der Waals surface area contributed by atoms with Gasteiger partial charge in [0, 0.05) is 37.2 Å². The van der Waals surface area contributed by atoms with Crippen molar-refractivity contribution in [3.63, 3.8) is 0 Å². The number of hydrogen-bond donors (Lipinski definition) is 0. The molecule has 0 spiro atoms. The molecule has 7 rings (SSSR count). The first kappa shape index (κ1) is 51.6. The minimum atomic E-state index is -1.63. The van der Waals surface area contributed by atoms with Crippen molar-refractivity contribution in [3.05, 3.63) is 142 Å². The van der Waals surface area contributed by atoms with Crippen LogP contribution in [0.15, 0.2) is 118 Å². The van der Waals surface area contributed by atoms with Gasteiger partial charge in [-0.15, -0.1) is 0 Å². The average Bonchev–Trinajstić information content (AvgIpc) is 3.75. The molecule has 1 saturated heterocycles. The Morgan fingerprint density at radius 1 is 0.871 bits per heavy atom. The zero-order valence-electron chi connectivity index (χ0n) is 41.5. The molecule has 4 aromatic rings. The van der Waals surface area contributed by atoms with E-state index in [2.05, 4.69) is 38.4 Å². The molecule has 3 aliphatic rings. The Kier molecular flexibility index (Phi) is 16.7. The summed E-state index contributed by atoms with van der Waals surface area (Å²) in [5, 5.41) is 9.42. The second kappa shape index (κ2) is 22.7. The molecular weight excluding hydrogens is 908 g/mol. The molecular formula is C55H63N4O10P. The summed E-state index contributed by atoms with van der Waals surface area (Å²) in [4.78, 5) is 47.2. The zero-order valence-corrected chi connectivity index (χ0v) is 42.4. The van der Waals surface area contributed by atoms with Crippen molar-refractivity contribution >= 4 is 31.5 Å². The molecule has 0 radical (unpaired) electrons. The lowest BCUT2D eigenvalue weighted by molar-refractivity contribution is -0.143. The summed E-state index contributed by atoms with van der Waals surface area (Å²) in [6.45, 7) is 14.2. The number of hydrogen-bond acceptors (Lipinski definition) is 13. The number of nitriles is 1. The number of aromatic nitrogens is 1. The van der Waals surface area contributed by atoms with Crippen LogP contribution in [0.5, 0.6) is 17.2 Å². The van der Waals surface area contributed by atoms with E-state index in [0.717, 1.165) is 16.7 Å². The second-order valence-electron chi connectivity index (χ2n) is 18.9. The summed E-state index contributed by atoms with van der Waals surface area (Å²) in [5.41, 5.74) is 2.24. The Bertz CT molecular complexity index is 2730. The summed E-state index contributed by atoms with van der Waals surface area (Å²) in [5.74, 6) is 1.29. The van der Waals surface area contributed by atoms with Gasteiger partial charge >= 0.3 is 5.97 Å². The number of benzene rings is 5. The van der Waals surface area contributed by atoms with Crippen molar-refractivity contribution in [1.82, 2.24) is 14.6 Å². The van der Waals surface area contributed by atoms with Crippen molar-refractivity contribution < 1.29 is 42.0 Å². The Balaban J connectivity index is 1.27. The Morgan fingerprint density at radius 3 is 2.09 bits per heavy atom.